The van der Waals surface area contributed by atoms with Gasteiger partial charge in [-0.25, -0.2) is 0 Å². The highest BCUT2D eigenvalue weighted by atomic mass is 35.5. The first kappa shape index (κ1) is 11.2. The molecule has 2 rings (SSSR count). The summed E-state index contributed by atoms with van der Waals surface area (Å²) in [4.78, 5) is 13.4. The second-order valence-electron chi connectivity index (χ2n) is 4.02. The number of nitrogens with two attached hydrogens (primary N) is 2. The predicted molar refractivity (Wildman–Crippen MR) is 64.8 cm³/mol. The van der Waals surface area contributed by atoms with Gasteiger partial charge in [-0.2, -0.15) is 0 Å². The maximum atomic E-state index is 11.3. The van der Waals surface area contributed by atoms with E-state index in [0.717, 1.165) is 25.2 Å². The summed E-state index contributed by atoms with van der Waals surface area (Å²) in [5, 5.41) is 0.515. The van der Waals surface area contributed by atoms with Gasteiger partial charge in [-0.15, -0.1) is 0 Å². The predicted octanol–water partition coefficient (Wildman–Crippen LogP) is 0.976. The molecular weight excluding hydrogens is 226 g/mol. The molecule has 1 atom stereocenters. The largest absolute Gasteiger partial charge is 0.369 e. The van der Waals surface area contributed by atoms with Gasteiger partial charge in [-0.3, -0.25) is 4.79 Å². The SMILES string of the molecule is NC(=O)c1cc(Cl)ccc1N1CCC(N)C1. The molecule has 1 heterocycles. The van der Waals surface area contributed by atoms with Crippen LogP contribution in [-0.4, -0.2) is 25.0 Å². The van der Waals surface area contributed by atoms with Gasteiger partial charge in [0.05, 0.1) is 5.56 Å². The topological polar surface area (TPSA) is 72.4 Å². The molecule has 0 aliphatic carbocycles. The number of rotatable bonds is 2. The van der Waals surface area contributed by atoms with Crippen LogP contribution in [0, 0.1) is 0 Å². The number of amides is 1. The third kappa shape index (κ3) is 2.13. The minimum Gasteiger partial charge on any atom is -0.369 e. The molecule has 5 heteroatoms. The Bertz CT molecular complexity index is 422. The average Bonchev–Trinajstić information content (AvgIpc) is 2.64. The van der Waals surface area contributed by atoms with Gasteiger partial charge in [0.25, 0.3) is 5.91 Å². The fourth-order valence-electron chi connectivity index (χ4n) is 1.99. The van der Waals surface area contributed by atoms with Crippen molar-refractivity contribution in [3.8, 4) is 0 Å². The van der Waals surface area contributed by atoms with Crippen LogP contribution in [-0.2, 0) is 0 Å². The van der Waals surface area contributed by atoms with E-state index in [0.29, 0.717) is 10.6 Å². The van der Waals surface area contributed by atoms with Gasteiger partial charge in [0.2, 0.25) is 0 Å². The van der Waals surface area contributed by atoms with Gasteiger partial charge in [-0.05, 0) is 24.6 Å². The van der Waals surface area contributed by atoms with Crippen LogP contribution in [0.1, 0.15) is 16.8 Å². The molecule has 0 spiro atoms. The summed E-state index contributed by atoms with van der Waals surface area (Å²) in [5.41, 5.74) is 12.4. The van der Waals surface area contributed by atoms with Gasteiger partial charge in [0.1, 0.15) is 0 Å². The molecule has 1 aliphatic heterocycles. The Morgan fingerprint density at radius 2 is 2.25 bits per heavy atom. The van der Waals surface area contributed by atoms with Crippen LogP contribution in [0.25, 0.3) is 0 Å². The molecule has 1 unspecified atom stereocenters. The summed E-state index contributed by atoms with van der Waals surface area (Å²) in [6, 6.07) is 5.34. The van der Waals surface area contributed by atoms with E-state index < -0.39 is 5.91 Å². The lowest BCUT2D eigenvalue weighted by atomic mass is 10.1. The minimum atomic E-state index is -0.460. The molecule has 1 aromatic rings. The van der Waals surface area contributed by atoms with E-state index in [1.54, 1.807) is 12.1 Å². The zero-order valence-electron chi connectivity index (χ0n) is 8.82. The van der Waals surface area contributed by atoms with E-state index >= 15 is 0 Å². The molecule has 0 bridgehead atoms. The van der Waals surface area contributed by atoms with Crippen molar-refractivity contribution in [2.45, 2.75) is 12.5 Å². The van der Waals surface area contributed by atoms with Gasteiger partial charge < -0.3 is 16.4 Å². The zero-order chi connectivity index (χ0) is 11.7. The first-order valence-electron chi connectivity index (χ1n) is 5.18. The summed E-state index contributed by atoms with van der Waals surface area (Å²) in [7, 11) is 0. The van der Waals surface area contributed by atoms with Crippen LogP contribution < -0.4 is 16.4 Å². The van der Waals surface area contributed by atoms with Crippen molar-refractivity contribution >= 4 is 23.2 Å². The van der Waals surface area contributed by atoms with Crippen LogP contribution in [0.15, 0.2) is 18.2 Å². The molecule has 1 aliphatic rings. The molecule has 0 aromatic heterocycles. The monoisotopic (exact) mass is 239 g/mol. The van der Waals surface area contributed by atoms with Crippen molar-refractivity contribution in [2.24, 2.45) is 11.5 Å². The normalized spacial score (nSPS) is 20.1. The van der Waals surface area contributed by atoms with Crippen molar-refractivity contribution in [3.05, 3.63) is 28.8 Å². The number of halogens is 1. The molecule has 1 saturated heterocycles. The summed E-state index contributed by atoms with van der Waals surface area (Å²) in [5.74, 6) is -0.460. The van der Waals surface area contributed by atoms with Crippen LogP contribution in [0.2, 0.25) is 5.02 Å². The Balaban J connectivity index is 2.36. The third-order valence-corrected chi connectivity index (χ3v) is 3.02. The highest BCUT2D eigenvalue weighted by Gasteiger charge is 2.22. The Hall–Kier alpha value is -1.26. The molecule has 0 saturated carbocycles. The lowest BCUT2D eigenvalue weighted by molar-refractivity contribution is 0.100. The van der Waals surface area contributed by atoms with Crippen molar-refractivity contribution in [1.29, 1.82) is 0 Å². The maximum Gasteiger partial charge on any atom is 0.250 e. The van der Waals surface area contributed by atoms with E-state index in [2.05, 4.69) is 4.90 Å². The first-order valence-corrected chi connectivity index (χ1v) is 5.55. The number of benzene rings is 1. The van der Waals surface area contributed by atoms with Gasteiger partial charge in [-0.1, -0.05) is 11.6 Å². The summed E-state index contributed by atoms with van der Waals surface area (Å²) < 4.78 is 0. The Kier molecular flexibility index (Phi) is 3.03. The summed E-state index contributed by atoms with van der Waals surface area (Å²) in [6.45, 7) is 1.60. The molecule has 1 amide bonds. The molecule has 4 N–H and O–H groups in total. The van der Waals surface area contributed by atoms with Gasteiger partial charge in [0.15, 0.2) is 0 Å². The smallest absolute Gasteiger partial charge is 0.250 e. The average molecular weight is 240 g/mol. The van der Waals surface area contributed by atoms with Crippen molar-refractivity contribution in [1.82, 2.24) is 0 Å². The summed E-state index contributed by atoms with van der Waals surface area (Å²) >= 11 is 5.85. The lowest BCUT2D eigenvalue weighted by Crippen LogP contribution is -2.28. The Morgan fingerprint density at radius 1 is 1.50 bits per heavy atom. The fourth-order valence-corrected chi connectivity index (χ4v) is 2.16. The second-order valence-corrected chi connectivity index (χ2v) is 4.46. The first-order chi connectivity index (χ1) is 7.58. The zero-order valence-corrected chi connectivity index (χ0v) is 9.57. The minimum absolute atomic E-state index is 0.163. The van der Waals surface area contributed by atoms with E-state index in [1.807, 2.05) is 6.07 Å². The van der Waals surface area contributed by atoms with Crippen molar-refractivity contribution in [2.75, 3.05) is 18.0 Å². The molecular formula is C11H14ClN3O. The number of hydrogen-bond acceptors (Lipinski definition) is 3. The van der Waals surface area contributed by atoms with E-state index in [4.69, 9.17) is 23.1 Å². The molecule has 1 aromatic carbocycles. The molecule has 16 heavy (non-hydrogen) atoms. The molecule has 0 radical (unpaired) electrons. The molecule has 86 valence electrons. The second kappa shape index (κ2) is 4.31. The third-order valence-electron chi connectivity index (χ3n) is 2.79. The molecule has 4 nitrogen and oxygen atoms in total. The maximum absolute atomic E-state index is 11.3. The van der Waals surface area contributed by atoms with Crippen LogP contribution >= 0.6 is 11.6 Å². The highest BCUT2D eigenvalue weighted by molar-refractivity contribution is 6.31. The fraction of sp³-hybridized carbons (Fsp3) is 0.364. The number of nitrogens with zero attached hydrogens (tertiary/aromatic N) is 1. The number of hydrogen-bond donors (Lipinski definition) is 2. The van der Waals surface area contributed by atoms with E-state index in [1.165, 1.54) is 0 Å². The standard InChI is InChI=1S/C11H14ClN3O/c12-7-1-2-10(9(5-7)11(14)16)15-4-3-8(13)6-15/h1-2,5,8H,3-4,6,13H2,(H2,14,16). The number of carbonyl (C=O) groups is 1. The van der Waals surface area contributed by atoms with Crippen LogP contribution in [0.4, 0.5) is 5.69 Å². The molecule has 1 fully saturated rings. The van der Waals surface area contributed by atoms with E-state index in [9.17, 15) is 4.79 Å². The van der Waals surface area contributed by atoms with Crippen LogP contribution in [0.3, 0.4) is 0 Å². The number of primary amides is 1. The number of anilines is 1. The lowest BCUT2D eigenvalue weighted by Gasteiger charge is -2.20. The van der Waals surface area contributed by atoms with Crippen molar-refractivity contribution in [3.63, 3.8) is 0 Å². The van der Waals surface area contributed by atoms with Gasteiger partial charge in [0, 0.05) is 29.8 Å². The van der Waals surface area contributed by atoms with Gasteiger partial charge >= 0.3 is 0 Å². The highest BCUT2D eigenvalue weighted by Crippen LogP contribution is 2.26. The number of carbonyl (C=O) groups excluding carboxylic acids is 1. The summed E-state index contributed by atoms with van der Waals surface area (Å²) in [6.07, 6.45) is 0.931. The Morgan fingerprint density at radius 3 is 2.81 bits per heavy atom. The van der Waals surface area contributed by atoms with Crippen molar-refractivity contribution < 1.29 is 4.79 Å². The van der Waals surface area contributed by atoms with E-state index in [-0.39, 0.29) is 6.04 Å². The quantitative estimate of drug-likeness (QED) is 0.808. The Labute approximate surface area is 99.2 Å². The van der Waals surface area contributed by atoms with Crippen LogP contribution in [0.5, 0.6) is 0 Å².